The number of benzene rings is 2. The smallest absolute Gasteiger partial charge is 0.247 e. The molecule has 4 nitrogen and oxygen atoms in total. The Morgan fingerprint density at radius 1 is 0.960 bits per heavy atom. The summed E-state index contributed by atoms with van der Waals surface area (Å²) in [5.74, 6) is -0.386. The van der Waals surface area contributed by atoms with Crippen LogP contribution < -0.4 is 5.48 Å². The van der Waals surface area contributed by atoms with Crippen LogP contribution in [0.2, 0.25) is 0 Å². The Balaban J connectivity index is 1.46. The van der Waals surface area contributed by atoms with Gasteiger partial charge in [0, 0.05) is 18.8 Å². The lowest BCUT2D eigenvalue weighted by Gasteiger charge is -2.05. The van der Waals surface area contributed by atoms with Gasteiger partial charge in [-0.05, 0) is 66.0 Å². The van der Waals surface area contributed by atoms with E-state index in [9.17, 15) is 4.79 Å². The Kier molecular flexibility index (Phi) is 5.51. The molecule has 25 heavy (non-hydrogen) atoms. The van der Waals surface area contributed by atoms with Crippen molar-refractivity contribution in [3.63, 3.8) is 0 Å². The molecule has 0 atom stereocenters. The van der Waals surface area contributed by atoms with Crippen LogP contribution in [0.25, 0.3) is 10.9 Å². The zero-order valence-corrected chi connectivity index (χ0v) is 14.5. The van der Waals surface area contributed by atoms with Crippen LogP contribution in [0.4, 0.5) is 0 Å². The molecule has 0 saturated carbocycles. The summed E-state index contributed by atoms with van der Waals surface area (Å²) in [4.78, 5) is 11.1. The number of rotatable bonds is 7. The standard InChI is InChI=1S/C21H24N2O2/c1-23-13-12-19-14-17(10-11-20(19)23)5-3-2-4-16-6-8-18(9-7-16)15-21(24)22-25/h6-14,25H,2-5,15H2,1H3,(H,22,24). The average molecular weight is 336 g/mol. The number of fused-ring (bicyclic) bond motifs is 1. The quantitative estimate of drug-likeness (QED) is 0.392. The molecule has 0 fully saturated rings. The molecule has 0 aliphatic carbocycles. The fourth-order valence-corrected chi connectivity index (χ4v) is 3.19. The van der Waals surface area contributed by atoms with Crippen molar-refractivity contribution in [2.75, 3.05) is 0 Å². The van der Waals surface area contributed by atoms with Gasteiger partial charge in [-0.3, -0.25) is 10.0 Å². The maximum absolute atomic E-state index is 11.1. The molecule has 0 spiro atoms. The molecule has 1 amide bonds. The lowest BCUT2D eigenvalue weighted by Crippen LogP contribution is -2.20. The molecule has 1 aromatic heterocycles. The molecule has 4 heteroatoms. The van der Waals surface area contributed by atoms with Crippen LogP contribution in [0, 0.1) is 0 Å². The van der Waals surface area contributed by atoms with Gasteiger partial charge in [0.2, 0.25) is 5.91 Å². The highest BCUT2D eigenvalue weighted by atomic mass is 16.5. The van der Waals surface area contributed by atoms with Crippen LogP contribution in [-0.2, 0) is 31.1 Å². The number of hydrogen-bond acceptors (Lipinski definition) is 2. The van der Waals surface area contributed by atoms with Crippen molar-refractivity contribution >= 4 is 16.8 Å². The number of nitrogens with zero attached hydrogens (tertiary/aromatic N) is 1. The molecular weight excluding hydrogens is 312 g/mol. The number of amides is 1. The van der Waals surface area contributed by atoms with E-state index in [2.05, 4.69) is 54.2 Å². The molecule has 0 bridgehead atoms. The predicted octanol–water partition coefficient (Wildman–Crippen LogP) is 3.79. The molecule has 3 rings (SSSR count). The van der Waals surface area contributed by atoms with E-state index in [1.807, 2.05) is 12.1 Å². The van der Waals surface area contributed by atoms with Crippen LogP contribution in [0.5, 0.6) is 0 Å². The van der Waals surface area contributed by atoms with E-state index in [4.69, 9.17) is 5.21 Å². The van der Waals surface area contributed by atoms with Gasteiger partial charge in [-0.25, -0.2) is 5.48 Å². The first-order chi connectivity index (χ1) is 12.2. The predicted molar refractivity (Wildman–Crippen MR) is 99.6 cm³/mol. The number of carbonyl (C=O) groups excluding carboxylic acids is 1. The normalized spacial score (nSPS) is 11.0. The Bertz CT molecular complexity index is 850. The summed E-state index contributed by atoms with van der Waals surface area (Å²) in [5.41, 5.74) is 6.52. The molecule has 130 valence electrons. The number of unbranched alkanes of at least 4 members (excludes halogenated alkanes) is 1. The Labute approximate surface area is 148 Å². The van der Waals surface area contributed by atoms with Gasteiger partial charge in [-0.15, -0.1) is 0 Å². The van der Waals surface area contributed by atoms with E-state index in [1.165, 1.54) is 22.0 Å². The lowest BCUT2D eigenvalue weighted by molar-refractivity contribution is -0.128. The summed E-state index contributed by atoms with van der Waals surface area (Å²) in [7, 11) is 2.07. The number of nitrogens with one attached hydrogen (secondary N) is 1. The SMILES string of the molecule is Cn1ccc2cc(CCCCc3ccc(CC(=O)NO)cc3)ccc21. The maximum atomic E-state index is 11.1. The fraction of sp³-hybridized carbons (Fsp3) is 0.286. The van der Waals surface area contributed by atoms with E-state index in [0.717, 1.165) is 31.2 Å². The Morgan fingerprint density at radius 3 is 2.32 bits per heavy atom. The Hall–Kier alpha value is -2.59. The molecule has 3 aromatic rings. The van der Waals surface area contributed by atoms with Gasteiger partial charge in [0.15, 0.2) is 0 Å². The number of aryl methyl sites for hydroxylation is 3. The largest absolute Gasteiger partial charge is 0.351 e. The van der Waals surface area contributed by atoms with Gasteiger partial charge in [0.05, 0.1) is 6.42 Å². The summed E-state index contributed by atoms with van der Waals surface area (Å²) in [6.07, 6.45) is 6.75. The number of aromatic nitrogens is 1. The Morgan fingerprint density at radius 2 is 1.60 bits per heavy atom. The first-order valence-corrected chi connectivity index (χ1v) is 8.70. The second kappa shape index (κ2) is 7.99. The van der Waals surface area contributed by atoms with E-state index in [0.29, 0.717) is 0 Å². The van der Waals surface area contributed by atoms with Gasteiger partial charge >= 0.3 is 0 Å². The molecule has 0 aliphatic rings. The number of carbonyl (C=O) groups is 1. The summed E-state index contributed by atoms with van der Waals surface area (Å²) < 4.78 is 2.15. The van der Waals surface area contributed by atoms with Gasteiger partial charge in [-0.1, -0.05) is 30.3 Å². The van der Waals surface area contributed by atoms with E-state index in [-0.39, 0.29) is 12.3 Å². The first-order valence-electron chi connectivity index (χ1n) is 8.70. The summed E-state index contributed by atoms with van der Waals surface area (Å²) in [5, 5.41) is 9.85. The summed E-state index contributed by atoms with van der Waals surface area (Å²) in [6, 6.07) is 16.9. The van der Waals surface area contributed by atoms with Gasteiger partial charge in [0.25, 0.3) is 0 Å². The van der Waals surface area contributed by atoms with Gasteiger partial charge < -0.3 is 4.57 Å². The molecule has 0 saturated heterocycles. The van der Waals surface area contributed by atoms with Gasteiger partial charge in [-0.2, -0.15) is 0 Å². The van der Waals surface area contributed by atoms with Crippen molar-refractivity contribution in [3.05, 3.63) is 71.4 Å². The first kappa shape index (κ1) is 17.2. The van der Waals surface area contributed by atoms with Crippen molar-refractivity contribution in [1.29, 1.82) is 0 Å². The van der Waals surface area contributed by atoms with Crippen LogP contribution in [0.3, 0.4) is 0 Å². The third-order valence-corrected chi connectivity index (χ3v) is 4.64. The monoisotopic (exact) mass is 336 g/mol. The molecule has 2 N–H and O–H groups in total. The molecule has 0 aliphatic heterocycles. The van der Waals surface area contributed by atoms with Crippen LogP contribution in [-0.4, -0.2) is 15.7 Å². The van der Waals surface area contributed by atoms with E-state index < -0.39 is 0 Å². The fourth-order valence-electron chi connectivity index (χ4n) is 3.19. The minimum atomic E-state index is -0.386. The summed E-state index contributed by atoms with van der Waals surface area (Å²) >= 11 is 0. The highest BCUT2D eigenvalue weighted by molar-refractivity contribution is 5.80. The maximum Gasteiger partial charge on any atom is 0.247 e. The second-order valence-electron chi connectivity index (χ2n) is 6.56. The lowest BCUT2D eigenvalue weighted by atomic mass is 10.0. The van der Waals surface area contributed by atoms with Crippen molar-refractivity contribution in [3.8, 4) is 0 Å². The zero-order valence-electron chi connectivity index (χ0n) is 14.5. The molecule has 1 heterocycles. The van der Waals surface area contributed by atoms with Crippen molar-refractivity contribution in [1.82, 2.24) is 10.0 Å². The number of hydrogen-bond donors (Lipinski definition) is 2. The molecule has 0 radical (unpaired) electrons. The molecule has 2 aromatic carbocycles. The minimum Gasteiger partial charge on any atom is -0.351 e. The van der Waals surface area contributed by atoms with Crippen molar-refractivity contribution in [2.45, 2.75) is 32.1 Å². The van der Waals surface area contributed by atoms with Crippen LogP contribution >= 0.6 is 0 Å². The van der Waals surface area contributed by atoms with Crippen molar-refractivity contribution < 1.29 is 10.0 Å². The topological polar surface area (TPSA) is 54.3 Å². The van der Waals surface area contributed by atoms with E-state index in [1.54, 1.807) is 5.48 Å². The summed E-state index contributed by atoms with van der Waals surface area (Å²) in [6.45, 7) is 0. The highest BCUT2D eigenvalue weighted by Crippen LogP contribution is 2.18. The zero-order chi connectivity index (χ0) is 17.6. The number of hydroxylamine groups is 1. The third kappa shape index (κ3) is 4.48. The van der Waals surface area contributed by atoms with E-state index >= 15 is 0 Å². The molecular formula is C21H24N2O2. The van der Waals surface area contributed by atoms with Crippen LogP contribution in [0.15, 0.2) is 54.7 Å². The minimum absolute atomic E-state index is 0.207. The third-order valence-electron chi connectivity index (χ3n) is 4.64. The molecule has 0 unspecified atom stereocenters. The van der Waals surface area contributed by atoms with Gasteiger partial charge in [0.1, 0.15) is 0 Å². The highest BCUT2D eigenvalue weighted by Gasteiger charge is 2.03. The second-order valence-corrected chi connectivity index (χ2v) is 6.56. The average Bonchev–Trinajstić information content (AvgIpc) is 3.00. The van der Waals surface area contributed by atoms with Crippen molar-refractivity contribution in [2.24, 2.45) is 7.05 Å². The van der Waals surface area contributed by atoms with Crippen LogP contribution in [0.1, 0.15) is 29.5 Å².